The van der Waals surface area contributed by atoms with Crippen LogP contribution >= 0.6 is 15.9 Å². The number of benzene rings is 3. The highest BCUT2D eigenvalue weighted by atomic mass is 79.9. The number of anilines is 1. The summed E-state index contributed by atoms with van der Waals surface area (Å²) >= 11 is 3.51. The van der Waals surface area contributed by atoms with Gasteiger partial charge in [0.25, 0.3) is 11.8 Å². The van der Waals surface area contributed by atoms with E-state index in [1.807, 2.05) is 62.4 Å². The lowest BCUT2D eigenvalue weighted by Crippen LogP contribution is -2.32. The lowest BCUT2D eigenvalue weighted by molar-refractivity contribution is -0.118. The molecule has 3 rings (SSSR count). The zero-order chi connectivity index (χ0) is 22.2. The Balaban J connectivity index is 1.58. The van der Waals surface area contributed by atoms with Gasteiger partial charge in [-0.2, -0.15) is 0 Å². The Morgan fingerprint density at radius 2 is 1.74 bits per heavy atom. The number of carbonyl (C=O) groups is 2. The SMILES string of the molecule is CCC(C)NC(=O)c1cccc(NC(=O)COc2ccc(-c3ccccc3)cc2Br)c1. The van der Waals surface area contributed by atoms with Crippen LogP contribution in [0.2, 0.25) is 0 Å². The maximum Gasteiger partial charge on any atom is 0.262 e. The number of hydrogen-bond donors (Lipinski definition) is 2. The van der Waals surface area contributed by atoms with Crippen LogP contribution in [0.15, 0.2) is 77.3 Å². The van der Waals surface area contributed by atoms with Crippen LogP contribution in [0, 0.1) is 0 Å². The second-order valence-electron chi connectivity index (χ2n) is 7.21. The molecule has 160 valence electrons. The molecule has 5 nitrogen and oxygen atoms in total. The van der Waals surface area contributed by atoms with E-state index in [9.17, 15) is 9.59 Å². The summed E-state index contributed by atoms with van der Waals surface area (Å²) in [4.78, 5) is 24.6. The molecule has 0 aliphatic carbocycles. The monoisotopic (exact) mass is 480 g/mol. The fourth-order valence-corrected chi connectivity index (χ4v) is 3.41. The number of ether oxygens (including phenoxy) is 1. The number of nitrogens with one attached hydrogen (secondary N) is 2. The summed E-state index contributed by atoms with van der Waals surface area (Å²) < 4.78 is 6.44. The van der Waals surface area contributed by atoms with Gasteiger partial charge in [-0.25, -0.2) is 0 Å². The molecule has 31 heavy (non-hydrogen) atoms. The van der Waals surface area contributed by atoms with Crippen molar-refractivity contribution in [1.82, 2.24) is 5.32 Å². The van der Waals surface area contributed by atoms with Crippen LogP contribution in [0.4, 0.5) is 5.69 Å². The smallest absolute Gasteiger partial charge is 0.262 e. The molecule has 0 aliphatic heterocycles. The van der Waals surface area contributed by atoms with Gasteiger partial charge in [-0.05, 0) is 70.7 Å². The molecule has 6 heteroatoms. The molecular formula is C25H25BrN2O3. The maximum atomic E-state index is 12.3. The summed E-state index contributed by atoms with van der Waals surface area (Å²) in [6, 6.07) is 22.7. The average Bonchev–Trinajstić information content (AvgIpc) is 2.78. The minimum atomic E-state index is -0.307. The number of rotatable bonds is 8. The van der Waals surface area contributed by atoms with Crippen molar-refractivity contribution in [2.24, 2.45) is 0 Å². The second kappa shape index (κ2) is 10.8. The highest BCUT2D eigenvalue weighted by Gasteiger charge is 2.11. The molecule has 0 bridgehead atoms. The summed E-state index contributed by atoms with van der Waals surface area (Å²) in [6.45, 7) is 3.81. The summed E-state index contributed by atoms with van der Waals surface area (Å²) in [5, 5.41) is 5.69. The maximum absolute atomic E-state index is 12.3. The predicted molar refractivity (Wildman–Crippen MR) is 127 cm³/mol. The third-order valence-electron chi connectivity index (χ3n) is 4.80. The van der Waals surface area contributed by atoms with Crippen molar-refractivity contribution < 1.29 is 14.3 Å². The van der Waals surface area contributed by atoms with Gasteiger partial charge in [0, 0.05) is 17.3 Å². The molecule has 0 aromatic heterocycles. The molecule has 2 amide bonds. The molecule has 3 aromatic carbocycles. The van der Waals surface area contributed by atoms with E-state index < -0.39 is 0 Å². The van der Waals surface area contributed by atoms with E-state index in [0.717, 1.165) is 22.0 Å². The Labute approximate surface area is 191 Å². The van der Waals surface area contributed by atoms with Crippen LogP contribution in [-0.2, 0) is 4.79 Å². The van der Waals surface area contributed by atoms with Gasteiger partial charge in [0.05, 0.1) is 4.47 Å². The molecule has 0 saturated heterocycles. The molecule has 1 atom stereocenters. The molecule has 0 heterocycles. The third kappa shape index (κ3) is 6.43. The van der Waals surface area contributed by atoms with Crippen LogP contribution in [0.3, 0.4) is 0 Å². The second-order valence-corrected chi connectivity index (χ2v) is 8.07. The van der Waals surface area contributed by atoms with Crippen LogP contribution in [0.1, 0.15) is 30.6 Å². The molecule has 3 aromatic rings. The van der Waals surface area contributed by atoms with Gasteiger partial charge in [-0.15, -0.1) is 0 Å². The van der Waals surface area contributed by atoms with Crippen LogP contribution < -0.4 is 15.4 Å². The van der Waals surface area contributed by atoms with E-state index in [2.05, 4.69) is 26.6 Å². The van der Waals surface area contributed by atoms with E-state index >= 15 is 0 Å². The Morgan fingerprint density at radius 3 is 2.45 bits per heavy atom. The van der Waals surface area contributed by atoms with Gasteiger partial charge in [0.2, 0.25) is 0 Å². The average molecular weight is 481 g/mol. The zero-order valence-electron chi connectivity index (χ0n) is 17.5. The molecule has 1 unspecified atom stereocenters. The Hall–Kier alpha value is -3.12. The topological polar surface area (TPSA) is 67.4 Å². The summed E-state index contributed by atoms with van der Waals surface area (Å²) in [5.74, 6) is 0.110. The van der Waals surface area contributed by atoms with Gasteiger partial charge in [0.15, 0.2) is 6.61 Å². The van der Waals surface area contributed by atoms with Gasteiger partial charge in [-0.3, -0.25) is 9.59 Å². The summed E-state index contributed by atoms with van der Waals surface area (Å²) in [6.07, 6.45) is 0.849. The molecule has 0 radical (unpaired) electrons. The Bertz CT molecular complexity index is 1050. The molecular weight excluding hydrogens is 456 g/mol. The van der Waals surface area contributed by atoms with Crippen LogP contribution in [0.5, 0.6) is 5.75 Å². The molecule has 0 saturated carbocycles. The normalized spacial score (nSPS) is 11.5. The quantitative estimate of drug-likeness (QED) is 0.436. The fraction of sp³-hybridized carbons (Fsp3) is 0.200. The standard InChI is InChI=1S/C25H25BrN2O3/c1-3-17(2)27-25(30)20-10-7-11-21(14-20)28-24(29)16-31-23-13-12-19(15-22(23)26)18-8-5-4-6-9-18/h4-15,17H,3,16H2,1-2H3,(H,27,30)(H,28,29). The van der Waals surface area contributed by atoms with E-state index in [0.29, 0.717) is 17.0 Å². The molecule has 0 fully saturated rings. The van der Waals surface area contributed by atoms with Gasteiger partial charge in [0.1, 0.15) is 5.75 Å². The van der Waals surface area contributed by atoms with Crippen molar-refractivity contribution in [3.8, 4) is 16.9 Å². The van der Waals surface area contributed by atoms with E-state index in [1.165, 1.54) is 0 Å². The van der Waals surface area contributed by atoms with Crippen molar-refractivity contribution in [1.29, 1.82) is 0 Å². The number of carbonyl (C=O) groups excluding carboxylic acids is 2. The fourth-order valence-electron chi connectivity index (χ4n) is 2.92. The molecule has 0 spiro atoms. The zero-order valence-corrected chi connectivity index (χ0v) is 19.1. The van der Waals surface area contributed by atoms with Gasteiger partial charge < -0.3 is 15.4 Å². The van der Waals surface area contributed by atoms with Gasteiger partial charge in [-0.1, -0.05) is 49.4 Å². The minimum Gasteiger partial charge on any atom is -0.483 e. The minimum absolute atomic E-state index is 0.0888. The van der Waals surface area contributed by atoms with Crippen LogP contribution in [0.25, 0.3) is 11.1 Å². The lowest BCUT2D eigenvalue weighted by Gasteiger charge is -2.13. The highest BCUT2D eigenvalue weighted by molar-refractivity contribution is 9.10. The van der Waals surface area contributed by atoms with E-state index in [4.69, 9.17) is 4.74 Å². The largest absolute Gasteiger partial charge is 0.483 e. The van der Waals surface area contributed by atoms with Crippen LogP contribution in [-0.4, -0.2) is 24.5 Å². The van der Waals surface area contributed by atoms with Crippen molar-refractivity contribution >= 4 is 33.4 Å². The Morgan fingerprint density at radius 1 is 0.968 bits per heavy atom. The number of halogens is 1. The molecule has 0 aliphatic rings. The van der Waals surface area contributed by atoms with Crippen molar-refractivity contribution in [3.05, 3.63) is 82.8 Å². The molecule has 2 N–H and O–H groups in total. The van der Waals surface area contributed by atoms with E-state index in [1.54, 1.807) is 24.3 Å². The lowest BCUT2D eigenvalue weighted by atomic mass is 10.1. The predicted octanol–water partition coefficient (Wildman–Crippen LogP) is 5.66. The number of hydrogen-bond acceptors (Lipinski definition) is 3. The van der Waals surface area contributed by atoms with Gasteiger partial charge >= 0.3 is 0 Å². The third-order valence-corrected chi connectivity index (χ3v) is 5.42. The first-order chi connectivity index (χ1) is 15.0. The van der Waals surface area contributed by atoms with E-state index in [-0.39, 0.29) is 24.5 Å². The summed E-state index contributed by atoms with van der Waals surface area (Å²) in [5.41, 5.74) is 3.20. The van der Waals surface area contributed by atoms with Crippen molar-refractivity contribution in [2.75, 3.05) is 11.9 Å². The van der Waals surface area contributed by atoms with Crippen molar-refractivity contribution in [3.63, 3.8) is 0 Å². The first kappa shape index (κ1) is 22.6. The number of amides is 2. The summed E-state index contributed by atoms with van der Waals surface area (Å²) in [7, 11) is 0. The first-order valence-corrected chi connectivity index (χ1v) is 10.9. The first-order valence-electron chi connectivity index (χ1n) is 10.1. The highest BCUT2D eigenvalue weighted by Crippen LogP contribution is 2.30. The Kier molecular flexibility index (Phi) is 7.84. The van der Waals surface area contributed by atoms with Crippen molar-refractivity contribution in [2.45, 2.75) is 26.3 Å².